The molecule has 1 aromatic heterocycles. The fourth-order valence-corrected chi connectivity index (χ4v) is 1.72. The maximum absolute atomic E-state index is 11.7. The first-order valence-electron chi connectivity index (χ1n) is 5.15. The van der Waals surface area contributed by atoms with E-state index in [1.165, 1.54) is 0 Å². The van der Waals surface area contributed by atoms with Crippen molar-refractivity contribution in [2.45, 2.75) is 25.8 Å². The molecule has 5 heteroatoms. The van der Waals surface area contributed by atoms with E-state index < -0.39 is 0 Å². The van der Waals surface area contributed by atoms with E-state index in [2.05, 4.69) is 22.2 Å². The highest BCUT2D eigenvalue weighted by Crippen LogP contribution is 2.20. The highest BCUT2D eigenvalue weighted by Gasteiger charge is 2.19. The Labute approximate surface area is 88.5 Å². The first-order chi connectivity index (χ1) is 7.08. The molecule has 1 aliphatic rings. The van der Waals surface area contributed by atoms with Crippen molar-refractivity contribution in [2.75, 3.05) is 24.3 Å². The molecule has 2 N–H and O–H groups in total. The van der Waals surface area contributed by atoms with Gasteiger partial charge in [-0.2, -0.15) is 4.98 Å². The number of H-pyrrole nitrogens is 1. The minimum atomic E-state index is -0.0249. The van der Waals surface area contributed by atoms with Crippen molar-refractivity contribution < 1.29 is 0 Å². The maximum atomic E-state index is 11.7. The lowest BCUT2D eigenvalue weighted by Gasteiger charge is -2.23. The lowest BCUT2D eigenvalue weighted by atomic mass is 10.0. The van der Waals surface area contributed by atoms with Crippen LogP contribution in [0.5, 0.6) is 0 Å². The molecule has 0 saturated carbocycles. The minimum absolute atomic E-state index is 0.0249. The summed E-state index contributed by atoms with van der Waals surface area (Å²) in [7, 11) is 3.72. The van der Waals surface area contributed by atoms with Gasteiger partial charge in [-0.15, -0.1) is 0 Å². The van der Waals surface area contributed by atoms with Gasteiger partial charge in [-0.3, -0.25) is 9.78 Å². The highest BCUT2D eigenvalue weighted by atomic mass is 16.1. The highest BCUT2D eigenvalue weighted by molar-refractivity contribution is 5.50. The van der Waals surface area contributed by atoms with Gasteiger partial charge >= 0.3 is 0 Å². The molecule has 2 heterocycles. The van der Waals surface area contributed by atoms with Gasteiger partial charge in [0, 0.05) is 20.1 Å². The summed E-state index contributed by atoms with van der Waals surface area (Å²) in [6, 6.07) is 0.391. The lowest BCUT2D eigenvalue weighted by Crippen LogP contribution is -2.30. The van der Waals surface area contributed by atoms with Crippen LogP contribution in [0.1, 0.15) is 18.9 Å². The normalized spacial score (nSPS) is 19.3. The van der Waals surface area contributed by atoms with E-state index in [0.29, 0.717) is 12.0 Å². The second-order valence-electron chi connectivity index (χ2n) is 4.20. The Kier molecular flexibility index (Phi) is 2.38. The average molecular weight is 208 g/mol. The summed E-state index contributed by atoms with van der Waals surface area (Å²) in [6.07, 6.45) is 1.79. The van der Waals surface area contributed by atoms with Crippen LogP contribution < -0.4 is 15.8 Å². The number of nitrogens with zero attached hydrogens (tertiary/aromatic N) is 2. The predicted molar refractivity (Wildman–Crippen MR) is 60.6 cm³/mol. The van der Waals surface area contributed by atoms with Gasteiger partial charge < -0.3 is 10.2 Å². The number of anilines is 2. The van der Waals surface area contributed by atoms with Gasteiger partial charge in [-0.25, -0.2) is 0 Å². The third-order valence-corrected chi connectivity index (χ3v) is 2.64. The van der Waals surface area contributed by atoms with Crippen LogP contribution in [-0.4, -0.2) is 30.1 Å². The summed E-state index contributed by atoms with van der Waals surface area (Å²) < 4.78 is 0. The van der Waals surface area contributed by atoms with Crippen molar-refractivity contribution in [3.05, 3.63) is 15.9 Å². The monoisotopic (exact) mass is 208 g/mol. The van der Waals surface area contributed by atoms with Crippen LogP contribution in [0.25, 0.3) is 0 Å². The van der Waals surface area contributed by atoms with Crippen LogP contribution >= 0.6 is 0 Å². The minimum Gasteiger partial charge on any atom is -0.367 e. The molecule has 1 atom stereocenters. The van der Waals surface area contributed by atoms with Gasteiger partial charge in [0.05, 0.1) is 5.56 Å². The van der Waals surface area contributed by atoms with E-state index in [-0.39, 0.29) is 5.56 Å². The van der Waals surface area contributed by atoms with E-state index >= 15 is 0 Å². The third kappa shape index (κ3) is 1.82. The topological polar surface area (TPSA) is 61.0 Å². The zero-order valence-corrected chi connectivity index (χ0v) is 9.29. The van der Waals surface area contributed by atoms with Gasteiger partial charge in [0.15, 0.2) is 0 Å². The number of nitrogens with one attached hydrogen (secondary N) is 2. The molecule has 0 unspecified atom stereocenters. The molecule has 0 amide bonds. The molecule has 5 nitrogen and oxygen atoms in total. The summed E-state index contributed by atoms with van der Waals surface area (Å²) >= 11 is 0. The van der Waals surface area contributed by atoms with Crippen LogP contribution in [0.2, 0.25) is 0 Å². The number of hydrogen-bond acceptors (Lipinski definition) is 4. The third-order valence-electron chi connectivity index (χ3n) is 2.64. The van der Waals surface area contributed by atoms with Crippen LogP contribution in [0, 0.1) is 0 Å². The van der Waals surface area contributed by atoms with Gasteiger partial charge in [0.2, 0.25) is 5.95 Å². The Hall–Kier alpha value is -1.52. The molecule has 2 rings (SSSR count). The molecule has 1 aliphatic heterocycles. The van der Waals surface area contributed by atoms with Crippen molar-refractivity contribution in [1.82, 2.24) is 9.97 Å². The Morgan fingerprint density at radius 1 is 1.47 bits per heavy atom. The van der Waals surface area contributed by atoms with Gasteiger partial charge in [-0.1, -0.05) is 0 Å². The largest absolute Gasteiger partial charge is 0.367 e. The van der Waals surface area contributed by atoms with E-state index in [9.17, 15) is 4.79 Å². The summed E-state index contributed by atoms with van der Waals surface area (Å²) in [5.74, 6) is 1.33. The Morgan fingerprint density at radius 3 is 2.87 bits per heavy atom. The summed E-state index contributed by atoms with van der Waals surface area (Å²) in [4.78, 5) is 20.7. The summed E-state index contributed by atoms with van der Waals surface area (Å²) in [5.41, 5.74) is 0.752. The van der Waals surface area contributed by atoms with Crippen LogP contribution in [0.3, 0.4) is 0 Å². The molecule has 0 aromatic carbocycles. The van der Waals surface area contributed by atoms with Gasteiger partial charge in [-0.05, 0) is 19.8 Å². The zero-order valence-electron chi connectivity index (χ0n) is 9.29. The predicted octanol–water partition coefficient (Wildman–Crippen LogP) is 0.583. The lowest BCUT2D eigenvalue weighted by molar-refractivity contribution is 0.665. The Bertz CT molecular complexity index is 424. The second kappa shape index (κ2) is 3.56. The molecule has 0 saturated heterocycles. The number of hydrogen-bond donors (Lipinski definition) is 2. The number of aromatic amines is 1. The Morgan fingerprint density at radius 2 is 2.20 bits per heavy atom. The SMILES string of the molecule is C[C@H]1CCc2c(nc(N(C)C)[nH]c2=O)N1. The summed E-state index contributed by atoms with van der Waals surface area (Å²) in [6.45, 7) is 2.10. The van der Waals surface area contributed by atoms with Crippen LogP contribution in [-0.2, 0) is 6.42 Å². The Balaban J connectivity index is 2.49. The average Bonchev–Trinajstić information content (AvgIpc) is 2.16. The van der Waals surface area contributed by atoms with Crippen LogP contribution in [0.15, 0.2) is 4.79 Å². The molecule has 15 heavy (non-hydrogen) atoms. The molecule has 0 spiro atoms. The first kappa shape index (κ1) is 10.0. The number of rotatable bonds is 1. The van der Waals surface area contributed by atoms with Crippen molar-refractivity contribution >= 4 is 11.8 Å². The molecule has 82 valence electrons. The van der Waals surface area contributed by atoms with Crippen molar-refractivity contribution in [2.24, 2.45) is 0 Å². The summed E-state index contributed by atoms with van der Waals surface area (Å²) in [5, 5.41) is 3.24. The van der Waals surface area contributed by atoms with Crippen molar-refractivity contribution in [1.29, 1.82) is 0 Å². The van der Waals surface area contributed by atoms with E-state index in [1.54, 1.807) is 4.90 Å². The molecule has 0 aliphatic carbocycles. The molecule has 0 fully saturated rings. The fraction of sp³-hybridized carbons (Fsp3) is 0.600. The smallest absolute Gasteiger partial charge is 0.257 e. The van der Waals surface area contributed by atoms with E-state index in [4.69, 9.17) is 0 Å². The van der Waals surface area contributed by atoms with Crippen molar-refractivity contribution in [3.63, 3.8) is 0 Å². The quantitative estimate of drug-likeness (QED) is 0.709. The number of fused-ring (bicyclic) bond motifs is 1. The van der Waals surface area contributed by atoms with Crippen molar-refractivity contribution in [3.8, 4) is 0 Å². The molecule has 0 bridgehead atoms. The van der Waals surface area contributed by atoms with E-state index in [0.717, 1.165) is 24.2 Å². The van der Waals surface area contributed by atoms with Crippen LogP contribution in [0.4, 0.5) is 11.8 Å². The second-order valence-corrected chi connectivity index (χ2v) is 4.20. The van der Waals surface area contributed by atoms with Gasteiger partial charge in [0.1, 0.15) is 5.82 Å². The van der Waals surface area contributed by atoms with Gasteiger partial charge in [0.25, 0.3) is 5.56 Å². The first-order valence-corrected chi connectivity index (χ1v) is 5.15. The zero-order chi connectivity index (χ0) is 11.0. The fourth-order valence-electron chi connectivity index (χ4n) is 1.72. The maximum Gasteiger partial charge on any atom is 0.257 e. The molecule has 1 aromatic rings. The number of aromatic nitrogens is 2. The molecular formula is C10H16N4O. The van der Waals surface area contributed by atoms with E-state index in [1.807, 2.05) is 14.1 Å². The molecular weight excluding hydrogens is 192 g/mol. The molecule has 0 radical (unpaired) electrons. The standard InChI is InChI=1S/C10H16N4O/c1-6-4-5-7-8(11-6)12-10(14(2)3)13-9(7)15/h6H,4-5H2,1-3H3,(H2,11,12,13,15)/t6-/m0/s1.